The van der Waals surface area contributed by atoms with Crippen LogP contribution in [-0.2, 0) is 62.6 Å². The van der Waals surface area contributed by atoms with Gasteiger partial charge in [-0.1, -0.05) is 155 Å². The molecule has 63 heavy (non-hydrogen) atoms. The van der Waals surface area contributed by atoms with Gasteiger partial charge in [-0.05, 0) is 72.6 Å². The van der Waals surface area contributed by atoms with Crippen molar-refractivity contribution in [1.82, 2.24) is 0 Å². The molecule has 0 radical (unpaired) electrons. The van der Waals surface area contributed by atoms with Gasteiger partial charge in [0.25, 0.3) is 0 Å². The first kappa shape index (κ1) is 50.2. The fraction of sp³-hybridized carbons (Fsp3) is 0.481. The van der Waals surface area contributed by atoms with Crippen molar-refractivity contribution in [2.24, 2.45) is 17.8 Å². The monoisotopic (exact) mass is 898 g/mol. The molecule has 1 aliphatic rings. The molecule has 5 rings (SSSR count). The van der Waals surface area contributed by atoms with Gasteiger partial charge < -0.3 is 28.1 Å². The summed E-state index contributed by atoms with van der Waals surface area (Å²) in [6, 6.07) is 38.3. The van der Waals surface area contributed by atoms with Crippen LogP contribution in [0.4, 0.5) is 0 Å². The van der Waals surface area contributed by atoms with Gasteiger partial charge in [-0.3, -0.25) is 4.79 Å². The van der Waals surface area contributed by atoms with Crippen LogP contribution in [0.25, 0.3) is 0 Å². The maximum absolute atomic E-state index is 15.2. The quantitative estimate of drug-likeness (QED) is 0.0531. The van der Waals surface area contributed by atoms with Crippen LogP contribution in [0.2, 0.25) is 18.1 Å². The van der Waals surface area contributed by atoms with Crippen molar-refractivity contribution < 1.29 is 41.3 Å². The van der Waals surface area contributed by atoms with E-state index in [1.807, 2.05) is 112 Å². The van der Waals surface area contributed by atoms with Gasteiger partial charge in [0.15, 0.2) is 30.2 Å². The Kier molecular flexibility index (Phi) is 18.7. The molecule has 0 spiro atoms. The normalized spacial score (nSPS) is 20.7. The maximum Gasteiger partial charge on any atom is 0.192 e. The highest BCUT2D eigenvalue weighted by molar-refractivity contribution is 7.92. The molecule has 1 aliphatic heterocycles. The van der Waals surface area contributed by atoms with E-state index in [1.165, 1.54) is 0 Å². The second-order valence-electron chi connectivity index (χ2n) is 18.7. The molecule has 11 heteroatoms. The Morgan fingerprint density at radius 2 is 1.29 bits per heavy atom. The summed E-state index contributed by atoms with van der Waals surface area (Å²) in [5.41, 5.74) is 4.03. The number of Topliss-reactive ketones (excluding diaryl/α,β-unsaturated/α-hetero) is 1. The van der Waals surface area contributed by atoms with E-state index in [1.54, 1.807) is 37.4 Å². The number of methoxy groups -OCH3 is 1. The summed E-state index contributed by atoms with van der Waals surface area (Å²) in [6.45, 7) is 18.3. The summed E-state index contributed by atoms with van der Waals surface area (Å²) >= 11 is 0. The summed E-state index contributed by atoms with van der Waals surface area (Å²) in [4.78, 5) is 15.3. The molecule has 8 atom stereocenters. The second kappa shape index (κ2) is 23.4. The molecule has 0 N–H and O–H groups in total. The third kappa shape index (κ3) is 14.4. The van der Waals surface area contributed by atoms with Crippen LogP contribution in [0.15, 0.2) is 138 Å². The molecule has 0 aromatic heterocycles. The van der Waals surface area contributed by atoms with Crippen molar-refractivity contribution >= 4 is 23.9 Å². The van der Waals surface area contributed by atoms with Gasteiger partial charge in [0.05, 0.1) is 50.1 Å². The van der Waals surface area contributed by atoms with Crippen molar-refractivity contribution in [3.05, 3.63) is 150 Å². The average Bonchev–Trinajstić information content (AvgIpc) is 3.25. The Balaban J connectivity index is 1.49. The molecule has 1 unspecified atom stereocenters. The van der Waals surface area contributed by atoms with Gasteiger partial charge in [0.1, 0.15) is 11.4 Å². The van der Waals surface area contributed by atoms with E-state index in [0.717, 1.165) is 22.3 Å². The maximum atomic E-state index is 15.2. The SMILES string of the molecule is CO[C@H]1O[C@H](C(=O)C([C@@H](C)C/C(C)=C/[C@@H](COCc2ccccc2)[C@@H](COCc2ccccc2)OCc2ccccc2)S(=O)(=O)c2ccccc2)[C@@H](O[Si](C)(C)C(C)(C)C)C[C@H]1C. The van der Waals surface area contributed by atoms with Crippen LogP contribution in [0, 0.1) is 17.8 Å². The standard InChI is InChI=1S/C52H70O9SSi/c1-38(31-44(36-57-33-41-22-14-10-15-23-41)47(59-35-43-26-18-12-19-27-43)37-58-34-42-24-16-11-17-25-42)30-39(2)50(62(54,55)45-28-20-13-21-29-45)48(53)49-46(32-40(3)51(56-7)60-49)61-63(8,9)52(4,5)6/h10-29,31,39-40,44,46-47,49-51H,30,32-37H2,1-9H3/b38-31+/t39-,40+,44-,46-,47+,49-,50?,51-/m0/s1. The van der Waals surface area contributed by atoms with E-state index < -0.39 is 59.7 Å². The lowest BCUT2D eigenvalue weighted by Gasteiger charge is -2.46. The Morgan fingerprint density at radius 3 is 1.79 bits per heavy atom. The zero-order valence-electron chi connectivity index (χ0n) is 38.8. The number of benzene rings is 4. The second-order valence-corrected chi connectivity index (χ2v) is 25.5. The minimum Gasteiger partial charge on any atom is -0.411 e. The molecule has 0 aliphatic carbocycles. The van der Waals surface area contributed by atoms with Crippen LogP contribution < -0.4 is 0 Å². The van der Waals surface area contributed by atoms with Crippen molar-refractivity contribution in [2.45, 2.75) is 127 Å². The first-order chi connectivity index (χ1) is 30.0. The van der Waals surface area contributed by atoms with E-state index in [9.17, 15) is 8.42 Å². The Labute approximate surface area is 378 Å². The molecule has 1 heterocycles. The Hall–Kier alpha value is -3.78. The molecular weight excluding hydrogens is 829 g/mol. The van der Waals surface area contributed by atoms with Crippen molar-refractivity contribution in [3.63, 3.8) is 0 Å². The largest absolute Gasteiger partial charge is 0.411 e. The number of allylic oxidation sites excluding steroid dienone is 1. The molecule has 4 aromatic rings. The third-order valence-corrected chi connectivity index (χ3v) is 19.2. The van der Waals surface area contributed by atoms with Gasteiger partial charge in [0, 0.05) is 18.9 Å². The molecule has 1 saturated heterocycles. The van der Waals surface area contributed by atoms with E-state index in [-0.39, 0.29) is 28.4 Å². The topological polar surface area (TPSA) is 107 Å². The van der Waals surface area contributed by atoms with E-state index >= 15 is 4.79 Å². The molecule has 0 bridgehead atoms. The number of ketones is 1. The zero-order valence-corrected chi connectivity index (χ0v) is 40.6. The fourth-order valence-electron chi connectivity index (χ4n) is 7.97. The minimum atomic E-state index is -4.21. The smallest absolute Gasteiger partial charge is 0.192 e. The zero-order chi connectivity index (χ0) is 45.6. The molecule has 0 amide bonds. The van der Waals surface area contributed by atoms with Crippen LogP contribution in [0.1, 0.15) is 71.1 Å². The number of carbonyl (C=O) groups excluding carboxylic acids is 1. The molecule has 9 nitrogen and oxygen atoms in total. The summed E-state index contributed by atoms with van der Waals surface area (Å²) in [5, 5.41) is -1.58. The van der Waals surface area contributed by atoms with Gasteiger partial charge >= 0.3 is 0 Å². The van der Waals surface area contributed by atoms with Crippen molar-refractivity contribution in [3.8, 4) is 0 Å². The van der Waals surface area contributed by atoms with Crippen LogP contribution >= 0.6 is 0 Å². The number of rotatable bonds is 23. The van der Waals surface area contributed by atoms with Crippen molar-refractivity contribution in [1.29, 1.82) is 0 Å². The Morgan fingerprint density at radius 1 is 0.794 bits per heavy atom. The fourth-order valence-corrected chi connectivity index (χ4v) is 11.3. The van der Waals surface area contributed by atoms with Crippen LogP contribution in [0.5, 0.6) is 0 Å². The lowest BCUT2D eigenvalue weighted by Crippen LogP contribution is -2.57. The lowest BCUT2D eigenvalue weighted by molar-refractivity contribution is -0.229. The number of carbonyl (C=O) groups is 1. The predicted molar refractivity (Wildman–Crippen MR) is 252 cm³/mol. The number of hydrogen-bond donors (Lipinski definition) is 0. The van der Waals surface area contributed by atoms with Gasteiger partial charge in [0.2, 0.25) is 0 Å². The summed E-state index contributed by atoms with van der Waals surface area (Å²) in [6.07, 6.45) is 0.0186. The predicted octanol–water partition coefficient (Wildman–Crippen LogP) is 10.8. The minimum absolute atomic E-state index is 0.0737. The van der Waals surface area contributed by atoms with E-state index in [0.29, 0.717) is 39.3 Å². The highest BCUT2D eigenvalue weighted by Crippen LogP contribution is 2.41. The van der Waals surface area contributed by atoms with Gasteiger partial charge in [-0.25, -0.2) is 8.42 Å². The summed E-state index contributed by atoms with van der Waals surface area (Å²) in [5.74, 6) is -1.53. The Bertz CT molecular complexity index is 2110. The molecule has 1 fully saturated rings. The number of ether oxygens (including phenoxy) is 5. The highest BCUT2D eigenvalue weighted by atomic mass is 32.2. The van der Waals surface area contributed by atoms with Gasteiger partial charge in [-0.15, -0.1) is 0 Å². The average molecular weight is 899 g/mol. The molecule has 342 valence electrons. The van der Waals surface area contributed by atoms with E-state index in [2.05, 4.69) is 39.9 Å². The van der Waals surface area contributed by atoms with Gasteiger partial charge in [-0.2, -0.15) is 0 Å². The third-order valence-electron chi connectivity index (χ3n) is 12.4. The van der Waals surface area contributed by atoms with Crippen LogP contribution in [-0.4, -0.2) is 72.7 Å². The molecular formula is C52H70O9SSi. The molecule has 0 saturated carbocycles. The highest BCUT2D eigenvalue weighted by Gasteiger charge is 2.51. The summed E-state index contributed by atoms with van der Waals surface area (Å²) < 4.78 is 68.2. The summed E-state index contributed by atoms with van der Waals surface area (Å²) in [7, 11) is -5.08. The first-order valence-electron chi connectivity index (χ1n) is 22.2. The number of hydrogen-bond acceptors (Lipinski definition) is 9. The van der Waals surface area contributed by atoms with Crippen molar-refractivity contribution in [2.75, 3.05) is 20.3 Å². The lowest BCUT2D eigenvalue weighted by atomic mass is 9.88. The first-order valence-corrected chi connectivity index (χ1v) is 26.7. The number of sulfone groups is 1. The molecule has 4 aromatic carbocycles. The van der Waals surface area contributed by atoms with Crippen LogP contribution in [0.3, 0.4) is 0 Å². The van der Waals surface area contributed by atoms with E-state index in [4.69, 9.17) is 28.1 Å².